The summed E-state index contributed by atoms with van der Waals surface area (Å²) in [6, 6.07) is 3.64. The molecule has 1 saturated heterocycles. The number of hydrogen-bond donors (Lipinski definition) is 2. The second kappa shape index (κ2) is 7.54. The zero-order valence-electron chi connectivity index (χ0n) is 13.2. The molecule has 2 amide bonds. The first-order valence-electron chi connectivity index (χ1n) is 7.64. The molecule has 6 nitrogen and oxygen atoms in total. The minimum absolute atomic E-state index is 0.00265. The normalized spacial score (nSPS) is 17.9. The molecule has 0 aliphatic carbocycles. The Balaban J connectivity index is 1.89. The molecule has 0 saturated carbocycles. The molecule has 136 valence electrons. The number of carbonyl (C=O) groups excluding carboxylic acids is 2. The number of benzene rings is 1. The lowest BCUT2D eigenvalue weighted by Crippen LogP contribution is -2.46. The van der Waals surface area contributed by atoms with Crippen LogP contribution in [-0.4, -0.2) is 47.4 Å². The molecular formula is C16H17F3N2O4. The fourth-order valence-corrected chi connectivity index (χ4v) is 2.59. The van der Waals surface area contributed by atoms with E-state index in [4.69, 9.17) is 5.11 Å². The molecule has 0 unspecified atom stereocenters. The van der Waals surface area contributed by atoms with Crippen molar-refractivity contribution < 1.29 is 32.7 Å². The molecular weight excluding hydrogens is 341 g/mol. The molecule has 0 spiro atoms. The third-order valence-corrected chi connectivity index (χ3v) is 4.00. The maximum Gasteiger partial charge on any atom is 0.416 e. The lowest BCUT2D eigenvalue weighted by Gasteiger charge is -2.30. The van der Waals surface area contributed by atoms with Gasteiger partial charge < -0.3 is 15.3 Å². The molecule has 2 N–H and O–H groups in total. The summed E-state index contributed by atoms with van der Waals surface area (Å²) >= 11 is 0. The number of carboxylic acids is 1. The van der Waals surface area contributed by atoms with E-state index < -0.39 is 35.4 Å². The standard InChI is InChI=1S/C16H17F3N2O4/c17-16(18,19)12-5-3-10(4-6-12)14(23)20-8-13(22)21-7-1-2-11(9-21)15(24)25/h3-6,11H,1-2,7-9H2,(H,20,23)(H,24,25)/t11-/m0/s1. The second-order valence-corrected chi connectivity index (χ2v) is 5.77. The van der Waals surface area contributed by atoms with Gasteiger partial charge in [0.25, 0.3) is 5.91 Å². The highest BCUT2D eigenvalue weighted by atomic mass is 19.4. The first-order valence-corrected chi connectivity index (χ1v) is 7.64. The second-order valence-electron chi connectivity index (χ2n) is 5.77. The van der Waals surface area contributed by atoms with E-state index >= 15 is 0 Å². The first-order chi connectivity index (χ1) is 11.7. The van der Waals surface area contributed by atoms with Crippen molar-refractivity contribution in [2.75, 3.05) is 19.6 Å². The molecule has 9 heteroatoms. The summed E-state index contributed by atoms with van der Waals surface area (Å²) in [5, 5.41) is 11.3. The van der Waals surface area contributed by atoms with Gasteiger partial charge in [0, 0.05) is 18.7 Å². The van der Waals surface area contributed by atoms with Gasteiger partial charge in [-0.25, -0.2) is 0 Å². The fraction of sp³-hybridized carbons (Fsp3) is 0.438. The third kappa shape index (κ3) is 4.94. The van der Waals surface area contributed by atoms with Gasteiger partial charge in [-0.1, -0.05) is 0 Å². The van der Waals surface area contributed by atoms with Crippen LogP contribution in [-0.2, 0) is 15.8 Å². The van der Waals surface area contributed by atoms with Gasteiger partial charge in [0.2, 0.25) is 5.91 Å². The molecule has 1 aromatic carbocycles. The number of halogens is 3. The number of hydrogen-bond acceptors (Lipinski definition) is 3. The van der Waals surface area contributed by atoms with Crippen molar-refractivity contribution in [3.63, 3.8) is 0 Å². The molecule has 1 aromatic rings. The Labute approximate surface area is 141 Å². The number of piperidine rings is 1. The van der Waals surface area contributed by atoms with Crippen LogP contribution in [0.1, 0.15) is 28.8 Å². The monoisotopic (exact) mass is 358 g/mol. The maximum absolute atomic E-state index is 12.5. The molecule has 25 heavy (non-hydrogen) atoms. The fourth-order valence-electron chi connectivity index (χ4n) is 2.59. The molecule has 0 aromatic heterocycles. The Morgan fingerprint density at radius 3 is 2.40 bits per heavy atom. The third-order valence-electron chi connectivity index (χ3n) is 4.00. The Kier molecular flexibility index (Phi) is 5.66. The molecule has 1 atom stereocenters. The van der Waals surface area contributed by atoms with E-state index in [9.17, 15) is 27.6 Å². The number of nitrogens with zero attached hydrogens (tertiary/aromatic N) is 1. The Bertz CT molecular complexity index is 658. The van der Waals surface area contributed by atoms with E-state index in [1.165, 1.54) is 4.90 Å². The molecule has 1 fully saturated rings. The number of carboxylic acid groups (broad SMARTS) is 1. The number of alkyl halides is 3. The summed E-state index contributed by atoms with van der Waals surface area (Å²) in [6.45, 7) is 0.162. The van der Waals surface area contributed by atoms with Gasteiger partial charge in [-0.2, -0.15) is 13.2 Å². The van der Waals surface area contributed by atoms with Crippen molar-refractivity contribution in [1.82, 2.24) is 10.2 Å². The summed E-state index contributed by atoms with van der Waals surface area (Å²) in [6.07, 6.45) is -3.42. The Morgan fingerprint density at radius 2 is 1.84 bits per heavy atom. The van der Waals surface area contributed by atoms with Crippen LogP contribution in [0.2, 0.25) is 0 Å². The van der Waals surface area contributed by atoms with E-state index in [2.05, 4.69) is 5.32 Å². The SMILES string of the molecule is O=C(NCC(=O)N1CCC[C@H](C(=O)O)C1)c1ccc(C(F)(F)F)cc1. The highest BCUT2D eigenvalue weighted by Gasteiger charge is 2.30. The smallest absolute Gasteiger partial charge is 0.416 e. The number of nitrogens with one attached hydrogen (secondary N) is 1. The van der Waals surface area contributed by atoms with Crippen LogP contribution in [0.25, 0.3) is 0 Å². The van der Waals surface area contributed by atoms with Crippen LogP contribution in [0, 0.1) is 5.92 Å². The minimum atomic E-state index is -4.49. The Morgan fingerprint density at radius 1 is 1.20 bits per heavy atom. The zero-order chi connectivity index (χ0) is 18.6. The van der Waals surface area contributed by atoms with Crippen molar-refractivity contribution in [2.24, 2.45) is 5.92 Å². The zero-order valence-corrected chi connectivity index (χ0v) is 13.2. The van der Waals surface area contributed by atoms with Crippen molar-refractivity contribution in [3.05, 3.63) is 35.4 Å². The van der Waals surface area contributed by atoms with Gasteiger partial charge in [0.05, 0.1) is 18.0 Å². The van der Waals surface area contributed by atoms with Gasteiger partial charge in [-0.3, -0.25) is 14.4 Å². The van der Waals surface area contributed by atoms with E-state index in [0.717, 1.165) is 24.3 Å². The highest BCUT2D eigenvalue weighted by Crippen LogP contribution is 2.29. The average Bonchev–Trinajstić information content (AvgIpc) is 2.58. The van der Waals surface area contributed by atoms with Crippen molar-refractivity contribution in [1.29, 1.82) is 0 Å². The van der Waals surface area contributed by atoms with E-state index in [1.807, 2.05) is 0 Å². The summed E-state index contributed by atoms with van der Waals surface area (Å²) in [7, 11) is 0. The van der Waals surface area contributed by atoms with Gasteiger partial charge in [0.15, 0.2) is 0 Å². The largest absolute Gasteiger partial charge is 0.481 e. The Hall–Kier alpha value is -2.58. The topological polar surface area (TPSA) is 86.7 Å². The first kappa shape index (κ1) is 18.8. The predicted octanol–water partition coefficient (Wildman–Crippen LogP) is 1.76. The number of aliphatic carboxylic acids is 1. The van der Waals surface area contributed by atoms with E-state index in [0.29, 0.717) is 19.4 Å². The van der Waals surface area contributed by atoms with Crippen LogP contribution < -0.4 is 5.32 Å². The quantitative estimate of drug-likeness (QED) is 0.859. The van der Waals surface area contributed by atoms with Crippen LogP contribution >= 0.6 is 0 Å². The van der Waals surface area contributed by atoms with Crippen molar-refractivity contribution >= 4 is 17.8 Å². The number of likely N-dealkylation sites (tertiary alicyclic amines) is 1. The van der Waals surface area contributed by atoms with Crippen LogP contribution in [0.3, 0.4) is 0 Å². The van der Waals surface area contributed by atoms with Gasteiger partial charge in [0.1, 0.15) is 0 Å². The molecule has 1 heterocycles. The maximum atomic E-state index is 12.5. The van der Waals surface area contributed by atoms with Crippen LogP contribution in [0.5, 0.6) is 0 Å². The summed E-state index contributed by atoms with van der Waals surface area (Å²) in [4.78, 5) is 36.3. The number of rotatable bonds is 4. The van der Waals surface area contributed by atoms with E-state index in [1.54, 1.807) is 0 Å². The minimum Gasteiger partial charge on any atom is -0.481 e. The predicted molar refractivity (Wildman–Crippen MR) is 80.7 cm³/mol. The van der Waals surface area contributed by atoms with Crippen molar-refractivity contribution in [2.45, 2.75) is 19.0 Å². The lowest BCUT2D eigenvalue weighted by atomic mass is 9.98. The molecule has 1 aliphatic rings. The molecule has 0 bridgehead atoms. The van der Waals surface area contributed by atoms with Gasteiger partial charge in [-0.05, 0) is 37.1 Å². The van der Waals surface area contributed by atoms with Crippen LogP contribution in [0.4, 0.5) is 13.2 Å². The summed E-state index contributed by atoms with van der Waals surface area (Å²) in [5.74, 6) is -2.69. The van der Waals surface area contributed by atoms with Gasteiger partial charge in [-0.15, -0.1) is 0 Å². The van der Waals surface area contributed by atoms with Crippen LogP contribution in [0.15, 0.2) is 24.3 Å². The molecule has 0 radical (unpaired) electrons. The lowest BCUT2D eigenvalue weighted by molar-refractivity contribution is -0.145. The van der Waals surface area contributed by atoms with Crippen molar-refractivity contribution in [3.8, 4) is 0 Å². The highest BCUT2D eigenvalue weighted by molar-refractivity contribution is 5.96. The number of amides is 2. The summed E-state index contributed by atoms with van der Waals surface area (Å²) in [5.41, 5.74) is -0.865. The van der Waals surface area contributed by atoms with Gasteiger partial charge >= 0.3 is 12.1 Å². The molecule has 1 aliphatic heterocycles. The average molecular weight is 358 g/mol. The number of carbonyl (C=O) groups is 3. The van der Waals surface area contributed by atoms with E-state index in [-0.39, 0.29) is 18.7 Å². The summed E-state index contributed by atoms with van der Waals surface area (Å²) < 4.78 is 37.4. The molecule has 2 rings (SSSR count).